The molecule has 0 aliphatic carbocycles. The molecule has 0 atom stereocenters. The van der Waals surface area contributed by atoms with E-state index < -0.39 is 0 Å². The monoisotopic (exact) mass is 282 g/mol. The number of rotatable bonds is 2. The number of fused-ring (bicyclic) bond motifs is 3. The molecule has 0 unspecified atom stereocenters. The molecule has 102 valence electrons. The summed E-state index contributed by atoms with van der Waals surface area (Å²) in [6, 6.07) is 13.1. The first-order chi connectivity index (χ1) is 9.79. The summed E-state index contributed by atoms with van der Waals surface area (Å²) < 4.78 is 1.47. The average Bonchev–Trinajstić information content (AvgIpc) is 2.96. The van der Waals surface area contributed by atoms with Crippen LogP contribution < -0.4 is 0 Å². The number of aryl methyl sites for hydroxylation is 1. The zero-order valence-corrected chi connectivity index (χ0v) is 12.5. The summed E-state index contributed by atoms with van der Waals surface area (Å²) in [6.45, 7) is 5.46. The molecule has 0 radical (unpaired) electrons. The number of aromatic nitrogens is 1. The van der Waals surface area contributed by atoms with Crippen molar-refractivity contribution in [3.63, 3.8) is 0 Å². The van der Waals surface area contributed by atoms with E-state index in [9.17, 15) is 0 Å². The van der Waals surface area contributed by atoms with Crippen molar-refractivity contribution in [3.05, 3.63) is 58.1 Å². The fourth-order valence-corrected chi connectivity index (χ4v) is 4.17. The van der Waals surface area contributed by atoms with Crippen LogP contribution in [0, 0.1) is 6.92 Å². The molecule has 1 aromatic carbocycles. The second kappa shape index (κ2) is 4.76. The van der Waals surface area contributed by atoms with Crippen LogP contribution in [0.25, 0.3) is 10.2 Å². The number of nitrogens with one attached hydrogen (secondary N) is 1. The summed E-state index contributed by atoms with van der Waals surface area (Å²) in [6.07, 6.45) is 1.14. The largest absolute Gasteiger partial charge is 0.357 e. The third-order valence-electron chi connectivity index (χ3n) is 4.09. The summed E-state index contributed by atoms with van der Waals surface area (Å²) >= 11 is 1.92. The van der Waals surface area contributed by atoms with Gasteiger partial charge in [0.2, 0.25) is 0 Å². The highest BCUT2D eigenvalue weighted by Crippen LogP contribution is 2.34. The zero-order valence-electron chi connectivity index (χ0n) is 11.6. The van der Waals surface area contributed by atoms with Gasteiger partial charge in [0, 0.05) is 42.2 Å². The van der Waals surface area contributed by atoms with Gasteiger partial charge in [-0.15, -0.1) is 11.3 Å². The Balaban J connectivity index is 1.62. The van der Waals surface area contributed by atoms with E-state index in [1.165, 1.54) is 31.9 Å². The van der Waals surface area contributed by atoms with Gasteiger partial charge >= 0.3 is 0 Å². The first-order valence-corrected chi connectivity index (χ1v) is 7.97. The van der Waals surface area contributed by atoms with Gasteiger partial charge in [0.25, 0.3) is 0 Å². The van der Waals surface area contributed by atoms with Crippen molar-refractivity contribution >= 4 is 21.6 Å². The van der Waals surface area contributed by atoms with Gasteiger partial charge < -0.3 is 4.98 Å². The lowest BCUT2D eigenvalue weighted by atomic mass is 10.1. The van der Waals surface area contributed by atoms with E-state index in [0.29, 0.717) is 0 Å². The number of nitrogens with zero attached hydrogens (tertiary/aromatic N) is 1. The minimum Gasteiger partial charge on any atom is -0.357 e. The average molecular weight is 282 g/mol. The maximum Gasteiger partial charge on any atom is 0.0571 e. The molecule has 1 aliphatic heterocycles. The van der Waals surface area contributed by atoms with E-state index in [1.54, 1.807) is 0 Å². The molecule has 0 amide bonds. The zero-order chi connectivity index (χ0) is 13.5. The van der Waals surface area contributed by atoms with Crippen LogP contribution >= 0.6 is 11.3 Å². The van der Waals surface area contributed by atoms with E-state index in [2.05, 4.69) is 53.2 Å². The summed E-state index contributed by atoms with van der Waals surface area (Å²) in [5.41, 5.74) is 5.72. The minimum atomic E-state index is 1.05. The van der Waals surface area contributed by atoms with Crippen LogP contribution in [0.4, 0.5) is 0 Å². The van der Waals surface area contributed by atoms with Crippen molar-refractivity contribution in [1.82, 2.24) is 9.88 Å². The Labute approximate surface area is 123 Å². The van der Waals surface area contributed by atoms with Gasteiger partial charge in [0.1, 0.15) is 0 Å². The molecule has 3 aromatic rings. The maximum atomic E-state index is 3.61. The van der Waals surface area contributed by atoms with Gasteiger partial charge in [-0.1, -0.05) is 30.3 Å². The van der Waals surface area contributed by atoms with E-state index in [0.717, 1.165) is 26.1 Å². The lowest BCUT2D eigenvalue weighted by molar-refractivity contribution is 0.246. The standard InChI is InChI=1S/C17H18N2S/c1-12-9-16-17(20-12)14-11-19(8-7-15(14)18-16)10-13-5-3-2-4-6-13/h2-6,9,18H,7-8,10-11H2,1H3. The van der Waals surface area contributed by atoms with Gasteiger partial charge in [0.05, 0.1) is 10.2 Å². The van der Waals surface area contributed by atoms with Crippen molar-refractivity contribution in [2.75, 3.05) is 6.54 Å². The molecule has 2 aromatic heterocycles. The molecular weight excluding hydrogens is 264 g/mol. The minimum absolute atomic E-state index is 1.05. The third kappa shape index (κ3) is 2.07. The van der Waals surface area contributed by atoms with Crippen LogP contribution in [0.15, 0.2) is 36.4 Å². The molecular formula is C17H18N2S. The summed E-state index contributed by atoms with van der Waals surface area (Å²) in [4.78, 5) is 7.56. The predicted molar refractivity (Wildman–Crippen MR) is 85.2 cm³/mol. The van der Waals surface area contributed by atoms with Gasteiger partial charge in [0.15, 0.2) is 0 Å². The van der Waals surface area contributed by atoms with Crippen molar-refractivity contribution in [2.24, 2.45) is 0 Å². The molecule has 0 bridgehead atoms. The number of thiophene rings is 1. The first kappa shape index (κ1) is 12.2. The van der Waals surface area contributed by atoms with E-state index in [-0.39, 0.29) is 0 Å². The fraction of sp³-hybridized carbons (Fsp3) is 0.294. The van der Waals surface area contributed by atoms with Crippen LogP contribution in [0.5, 0.6) is 0 Å². The SMILES string of the molecule is Cc1cc2[nH]c3c(c2s1)CN(Cc1ccccc1)CC3. The quantitative estimate of drug-likeness (QED) is 0.750. The number of hydrogen-bond acceptors (Lipinski definition) is 2. The predicted octanol–water partition coefficient (Wildman–Crippen LogP) is 4.10. The van der Waals surface area contributed by atoms with Crippen LogP contribution in [0.1, 0.15) is 21.7 Å². The van der Waals surface area contributed by atoms with Crippen LogP contribution in [-0.4, -0.2) is 16.4 Å². The topological polar surface area (TPSA) is 19.0 Å². The van der Waals surface area contributed by atoms with Gasteiger partial charge in [-0.25, -0.2) is 0 Å². The number of benzene rings is 1. The number of H-pyrrole nitrogens is 1. The third-order valence-corrected chi connectivity index (χ3v) is 5.20. The summed E-state index contributed by atoms with van der Waals surface area (Å²) in [7, 11) is 0. The number of hydrogen-bond donors (Lipinski definition) is 1. The molecule has 1 aliphatic rings. The molecule has 0 saturated heterocycles. The van der Waals surface area contributed by atoms with E-state index >= 15 is 0 Å². The van der Waals surface area contributed by atoms with E-state index in [4.69, 9.17) is 0 Å². The lowest BCUT2D eigenvalue weighted by Crippen LogP contribution is -2.29. The molecule has 0 saturated carbocycles. The Morgan fingerprint density at radius 3 is 2.95 bits per heavy atom. The second-order valence-corrected chi connectivity index (χ2v) is 6.88. The molecule has 4 rings (SSSR count). The Hall–Kier alpha value is -1.58. The molecule has 1 N–H and O–H groups in total. The second-order valence-electron chi connectivity index (χ2n) is 5.63. The highest BCUT2D eigenvalue weighted by Gasteiger charge is 2.21. The molecule has 2 nitrogen and oxygen atoms in total. The Bertz CT molecular complexity index is 739. The van der Waals surface area contributed by atoms with Crippen molar-refractivity contribution in [1.29, 1.82) is 0 Å². The summed E-state index contributed by atoms with van der Waals surface area (Å²) in [5, 5.41) is 0. The molecule has 0 spiro atoms. The Kier molecular flexibility index (Phi) is 2.90. The van der Waals surface area contributed by atoms with E-state index in [1.807, 2.05) is 11.3 Å². The van der Waals surface area contributed by atoms with Crippen molar-refractivity contribution in [2.45, 2.75) is 26.4 Å². The molecule has 20 heavy (non-hydrogen) atoms. The van der Waals surface area contributed by atoms with Crippen LogP contribution in [0.2, 0.25) is 0 Å². The molecule has 0 fully saturated rings. The molecule has 3 heteroatoms. The van der Waals surface area contributed by atoms with Crippen LogP contribution in [0.3, 0.4) is 0 Å². The highest BCUT2D eigenvalue weighted by atomic mass is 32.1. The van der Waals surface area contributed by atoms with Gasteiger partial charge in [-0.2, -0.15) is 0 Å². The maximum absolute atomic E-state index is 3.61. The van der Waals surface area contributed by atoms with Gasteiger partial charge in [-0.05, 0) is 18.6 Å². The number of aromatic amines is 1. The van der Waals surface area contributed by atoms with Crippen molar-refractivity contribution in [3.8, 4) is 0 Å². The van der Waals surface area contributed by atoms with Gasteiger partial charge in [-0.3, -0.25) is 4.90 Å². The first-order valence-electron chi connectivity index (χ1n) is 7.16. The fourth-order valence-electron chi connectivity index (χ4n) is 3.14. The smallest absolute Gasteiger partial charge is 0.0571 e. The lowest BCUT2D eigenvalue weighted by Gasteiger charge is -2.27. The molecule has 3 heterocycles. The normalized spacial score (nSPS) is 15.7. The highest BCUT2D eigenvalue weighted by molar-refractivity contribution is 7.19. The van der Waals surface area contributed by atoms with Crippen molar-refractivity contribution < 1.29 is 0 Å². The van der Waals surface area contributed by atoms with Crippen LogP contribution in [-0.2, 0) is 19.5 Å². The Morgan fingerprint density at radius 2 is 2.10 bits per heavy atom. The Morgan fingerprint density at radius 1 is 1.25 bits per heavy atom. The summed E-state index contributed by atoms with van der Waals surface area (Å²) in [5.74, 6) is 0.